The number of rotatable bonds is 1. The number of hydrogen-bond donors (Lipinski definition) is 1. The Bertz CT molecular complexity index is 445. The van der Waals surface area contributed by atoms with Gasteiger partial charge < -0.3 is 5.11 Å². The summed E-state index contributed by atoms with van der Waals surface area (Å²) in [7, 11) is 0. The van der Waals surface area contributed by atoms with E-state index in [0.29, 0.717) is 5.06 Å². The number of thioether (sulfide) groups is 1. The molecule has 1 nitrogen and oxygen atoms in total. The molecule has 13 heavy (non-hydrogen) atoms. The van der Waals surface area contributed by atoms with E-state index in [1.165, 1.54) is 27.0 Å². The molecule has 1 heterocycles. The number of hydrogen-bond acceptors (Lipinski definition) is 3. The quantitative estimate of drug-likeness (QED) is 0.725. The Morgan fingerprint density at radius 2 is 2.15 bits per heavy atom. The smallest absolute Gasteiger partial charge is 0.186 e. The minimum atomic E-state index is 0.441. The lowest BCUT2D eigenvalue weighted by Crippen LogP contribution is -1.71. The molecule has 1 aromatic heterocycles. The van der Waals surface area contributed by atoms with Crippen LogP contribution >= 0.6 is 23.1 Å². The molecule has 0 saturated carbocycles. The molecule has 1 N–H and O–H groups in total. The molecule has 3 heteroatoms. The fraction of sp³-hybridized carbons (Fsp3) is 0.200. The van der Waals surface area contributed by atoms with Crippen LogP contribution in [0.3, 0.4) is 0 Å². The fourth-order valence-electron chi connectivity index (χ4n) is 1.42. The van der Waals surface area contributed by atoms with Gasteiger partial charge in [0.15, 0.2) is 5.06 Å². The summed E-state index contributed by atoms with van der Waals surface area (Å²) in [6, 6.07) is 6.16. The summed E-state index contributed by atoms with van der Waals surface area (Å²) in [4.78, 5) is 1.00. The normalized spacial score (nSPS) is 10.9. The number of aryl methyl sites for hydroxylation is 1. The zero-order valence-corrected chi connectivity index (χ0v) is 9.13. The van der Waals surface area contributed by atoms with Crippen molar-refractivity contribution in [3.8, 4) is 5.06 Å². The van der Waals surface area contributed by atoms with Gasteiger partial charge in [-0.2, -0.15) is 0 Å². The van der Waals surface area contributed by atoms with Crippen molar-refractivity contribution in [1.82, 2.24) is 0 Å². The summed E-state index contributed by atoms with van der Waals surface area (Å²) in [6.07, 6.45) is 1.99. The molecule has 2 rings (SSSR count). The number of aromatic hydroxyl groups is 1. The first kappa shape index (κ1) is 8.91. The van der Waals surface area contributed by atoms with E-state index < -0.39 is 0 Å². The molecule has 0 aliphatic heterocycles. The monoisotopic (exact) mass is 210 g/mol. The topological polar surface area (TPSA) is 20.2 Å². The molecular formula is C10H10OS2. The Labute approximate surface area is 85.4 Å². The number of thiophene rings is 1. The molecule has 0 amide bonds. The predicted octanol–water partition coefficient (Wildman–Crippen LogP) is 3.64. The van der Waals surface area contributed by atoms with Crippen LogP contribution in [0.1, 0.15) is 5.56 Å². The van der Waals surface area contributed by atoms with E-state index in [0.717, 1.165) is 4.90 Å². The van der Waals surface area contributed by atoms with E-state index >= 15 is 0 Å². The zero-order valence-electron chi connectivity index (χ0n) is 7.50. The second-order valence-corrected chi connectivity index (χ2v) is 4.71. The summed E-state index contributed by atoms with van der Waals surface area (Å²) >= 11 is 3.07. The van der Waals surface area contributed by atoms with Crippen LogP contribution in [0.25, 0.3) is 10.1 Å². The largest absolute Gasteiger partial charge is 0.499 e. The molecule has 1 aromatic carbocycles. The molecule has 0 unspecified atom stereocenters. The highest BCUT2D eigenvalue weighted by atomic mass is 32.2. The summed E-state index contributed by atoms with van der Waals surface area (Å²) < 4.78 is 1.20. The number of fused-ring (bicyclic) bond motifs is 1. The van der Waals surface area contributed by atoms with Gasteiger partial charge >= 0.3 is 0 Å². The van der Waals surface area contributed by atoms with Gasteiger partial charge in [-0.3, -0.25) is 0 Å². The summed E-state index contributed by atoms with van der Waals surface area (Å²) in [5.74, 6) is 0. The standard InChI is InChI=1S/C10H10OS2/c1-6-4-3-5-7-8(6)13-10(11)9(7)12-2/h3-5,11H,1-2H3. The maximum Gasteiger partial charge on any atom is 0.186 e. The van der Waals surface area contributed by atoms with Gasteiger partial charge in [0.1, 0.15) is 0 Å². The van der Waals surface area contributed by atoms with Crippen molar-refractivity contribution in [2.75, 3.05) is 6.26 Å². The minimum Gasteiger partial charge on any atom is -0.499 e. The lowest BCUT2D eigenvalue weighted by Gasteiger charge is -1.95. The van der Waals surface area contributed by atoms with Gasteiger partial charge in [-0.05, 0) is 18.7 Å². The van der Waals surface area contributed by atoms with E-state index in [1.54, 1.807) is 11.8 Å². The van der Waals surface area contributed by atoms with Crippen LogP contribution in [-0.4, -0.2) is 11.4 Å². The summed E-state index contributed by atoms with van der Waals surface area (Å²) in [5, 5.41) is 11.3. The maximum atomic E-state index is 9.66. The van der Waals surface area contributed by atoms with E-state index in [-0.39, 0.29) is 0 Å². The Hall–Kier alpha value is -0.670. The Kier molecular flexibility index (Phi) is 2.22. The molecule has 0 aliphatic carbocycles. The zero-order chi connectivity index (χ0) is 9.42. The van der Waals surface area contributed by atoms with Crippen molar-refractivity contribution in [3.05, 3.63) is 23.8 Å². The maximum absolute atomic E-state index is 9.66. The molecule has 0 fully saturated rings. The van der Waals surface area contributed by atoms with Crippen LogP contribution in [0, 0.1) is 6.92 Å². The summed E-state index contributed by atoms with van der Waals surface area (Å²) in [5.41, 5.74) is 1.23. The third kappa shape index (κ3) is 1.32. The van der Waals surface area contributed by atoms with E-state index in [4.69, 9.17) is 0 Å². The van der Waals surface area contributed by atoms with Crippen LogP contribution in [0.4, 0.5) is 0 Å². The SMILES string of the molecule is CSc1c(O)sc2c(C)cccc12. The van der Waals surface area contributed by atoms with Crippen molar-refractivity contribution < 1.29 is 5.11 Å². The van der Waals surface area contributed by atoms with Gasteiger partial charge in [-0.25, -0.2) is 0 Å². The van der Waals surface area contributed by atoms with Gasteiger partial charge in [0.05, 0.1) is 4.90 Å². The lowest BCUT2D eigenvalue weighted by molar-refractivity contribution is 0.480. The Balaban J connectivity index is 2.86. The third-order valence-electron chi connectivity index (χ3n) is 2.05. The second-order valence-electron chi connectivity index (χ2n) is 2.89. The van der Waals surface area contributed by atoms with Crippen molar-refractivity contribution >= 4 is 33.2 Å². The number of benzene rings is 1. The lowest BCUT2D eigenvalue weighted by atomic mass is 10.2. The van der Waals surface area contributed by atoms with Crippen molar-refractivity contribution in [2.24, 2.45) is 0 Å². The average Bonchev–Trinajstić information content (AvgIpc) is 2.43. The molecule has 0 bridgehead atoms. The van der Waals surface area contributed by atoms with E-state index in [2.05, 4.69) is 19.1 Å². The average molecular weight is 210 g/mol. The summed E-state index contributed by atoms with van der Waals surface area (Å²) in [6.45, 7) is 2.07. The highest BCUT2D eigenvalue weighted by Crippen LogP contribution is 2.43. The van der Waals surface area contributed by atoms with E-state index in [1.807, 2.05) is 12.3 Å². The van der Waals surface area contributed by atoms with Crippen LogP contribution in [-0.2, 0) is 0 Å². The van der Waals surface area contributed by atoms with Crippen LogP contribution in [0.5, 0.6) is 5.06 Å². The molecule has 0 radical (unpaired) electrons. The van der Waals surface area contributed by atoms with Crippen molar-refractivity contribution in [3.63, 3.8) is 0 Å². The van der Waals surface area contributed by atoms with Crippen LogP contribution in [0.15, 0.2) is 23.1 Å². The first-order valence-corrected chi connectivity index (χ1v) is 6.03. The van der Waals surface area contributed by atoms with Crippen molar-refractivity contribution in [1.29, 1.82) is 0 Å². The predicted molar refractivity (Wildman–Crippen MR) is 60.0 cm³/mol. The van der Waals surface area contributed by atoms with Gasteiger partial charge in [-0.15, -0.1) is 11.8 Å². The van der Waals surface area contributed by atoms with Gasteiger partial charge in [0.25, 0.3) is 0 Å². The van der Waals surface area contributed by atoms with Crippen LogP contribution in [0.2, 0.25) is 0 Å². The van der Waals surface area contributed by atoms with Gasteiger partial charge in [0, 0.05) is 10.1 Å². The molecule has 68 valence electrons. The molecular weight excluding hydrogens is 200 g/mol. The molecule has 0 saturated heterocycles. The molecule has 2 aromatic rings. The van der Waals surface area contributed by atoms with Gasteiger partial charge in [0.2, 0.25) is 0 Å². The third-order valence-corrected chi connectivity index (χ3v) is 4.15. The first-order valence-electron chi connectivity index (χ1n) is 3.99. The highest BCUT2D eigenvalue weighted by Gasteiger charge is 2.10. The first-order chi connectivity index (χ1) is 6.24. The minimum absolute atomic E-state index is 0.441. The molecule has 0 spiro atoms. The molecule has 0 atom stereocenters. The van der Waals surface area contributed by atoms with Crippen molar-refractivity contribution in [2.45, 2.75) is 11.8 Å². The highest BCUT2D eigenvalue weighted by molar-refractivity contribution is 7.99. The Morgan fingerprint density at radius 3 is 2.85 bits per heavy atom. The van der Waals surface area contributed by atoms with Crippen LogP contribution < -0.4 is 0 Å². The van der Waals surface area contributed by atoms with Gasteiger partial charge in [-0.1, -0.05) is 29.5 Å². The fourth-order valence-corrected chi connectivity index (χ4v) is 3.33. The molecule has 0 aliphatic rings. The van der Waals surface area contributed by atoms with E-state index in [9.17, 15) is 5.11 Å². The Morgan fingerprint density at radius 1 is 1.38 bits per heavy atom. The second kappa shape index (κ2) is 3.24.